The van der Waals surface area contributed by atoms with Gasteiger partial charge in [0, 0.05) is 51.0 Å². The van der Waals surface area contributed by atoms with Crippen LogP contribution in [-0.4, -0.2) is 39.8 Å². The van der Waals surface area contributed by atoms with E-state index in [4.69, 9.17) is 14.0 Å². The molecule has 4 rings (SSSR count). The predicted molar refractivity (Wildman–Crippen MR) is 135 cm³/mol. The second kappa shape index (κ2) is 19.3. The first-order valence-electron chi connectivity index (χ1n) is 10.7. The van der Waals surface area contributed by atoms with Crippen molar-refractivity contribution in [3.63, 3.8) is 0 Å². The molecule has 0 aliphatic rings. The fraction of sp³-hybridized carbons (Fsp3) is 0.148. The van der Waals surface area contributed by atoms with Crippen molar-refractivity contribution in [1.82, 2.24) is 14.9 Å². The third kappa shape index (κ3) is 11.7. The standard InChI is InChI=1S/C24H22N4O3S.3CO.Re/c1-16-5-10-20-21(12-16)32-24(27-20)17-6-8-18(9-7-17)26-22(29)14-28(15-23(30)31)13-19-4-2-3-11-25-19;3*1-2;/h2-12H,13-15H2,1H3,(H,26,29)(H,30,31);;;;/p-1. The maximum absolute atomic E-state index is 12.5. The Kier molecular flexibility index (Phi) is 17.5. The minimum absolute atomic E-state index is 0. The molecule has 2 heterocycles. The number of aryl methyl sites for hydroxylation is 1. The first-order chi connectivity index (χ1) is 18.5. The number of anilines is 1. The maximum atomic E-state index is 12.5. The number of carboxylic acids is 1. The summed E-state index contributed by atoms with van der Waals surface area (Å²) in [6.07, 6.45) is 1.63. The number of pyridine rings is 1. The van der Waals surface area contributed by atoms with Crippen molar-refractivity contribution in [1.29, 1.82) is 0 Å². The number of benzene rings is 2. The van der Waals surface area contributed by atoms with E-state index >= 15 is 0 Å². The van der Waals surface area contributed by atoms with Crippen LogP contribution in [0.2, 0.25) is 0 Å². The van der Waals surface area contributed by atoms with Crippen LogP contribution in [0.15, 0.2) is 66.9 Å². The largest absolute Gasteiger partial charge is 0 e. The molecule has 12 heteroatoms. The van der Waals surface area contributed by atoms with Gasteiger partial charge in [-0.05, 0) is 61.0 Å². The Morgan fingerprint density at radius 1 is 0.974 bits per heavy atom. The Bertz CT molecular complexity index is 1370. The minimum atomic E-state index is -1.25. The summed E-state index contributed by atoms with van der Waals surface area (Å²) in [5, 5.41) is 14.8. The first kappa shape index (κ1) is 35.3. The topological polar surface area (TPSA) is 158 Å². The quantitative estimate of drug-likeness (QED) is 0.218. The summed E-state index contributed by atoms with van der Waals surface area (Å²) in [5.74, 6) is -1.56. The SMILES string of the molecule is Cc1ccc2nc(-c3ccc(NC(=O)CN(CC(=O)[O-])Cc4ccccn4)cc3)sc2c1.[C-]#[O+].[C-]#[O+].[C-]#[O+].[Re]. The molecule has 2 aromatic carbocycles. The van der Waals surface area contributed by atoms with Gasteiger partial charge in [-0.25, -0.2) is 4.98 Å². The Balaban J connectivity index is 0.00000193. The number of rotatable bonds is 8. The van der Waals surface area contributed by atoms with Crippen molar-refractivity contribution in [3.05, 3.63) is 98.1 Å². The molecule has 0 spiro atoms. The Morgan fingerprint density at radius 3 is 2.23 bits per heavy atom. The molecule has 1 radical (unpaired) electrons. The van der Waals surface area contributed by atoms with Crippen LogP contribution in [0, 0.1) is 26.9 Å². The van der Waals surface area contributed by atoms with Crippen LogP contribution >= 0.6 is 11.3 Å². The van der Waals surface area contributed by atoms with E-state index in [1.54, 1.807) is 29.7 Å². The van der Waals surface area contributed by atoms with Gasteiger partial charge in [0.1, 0.15) is 5.01 Å². The molecular formula is C27H21N4O6ReS-. The fourth-order valence-electron chi connectivity index (χ4n) is 3.33. The van der Waals surface area contributed by atoms with Crippen molar-refractivity contribution in [2.45, 2.75) is 13.5 Å². The van der Waals surface area contributed by atoms with Crippen molar-refractivity contribution < 1.29 is 49.1 Å². The molecule has 0 saturated carbocycles. The second-order valence-corrected chi connectivity index (χ2v) is 8.48. The number of aliphatic carboxylic acids is 1. The van der Waals surface area contributed by atoms with Gasteiger partial charge in [0.25, 0.3) is 0 Å². The van der Waals surface area contributed by atoms with E-state index in [0.717, 1.165) is 20.8 Å². The number of carbonyl (C=O) groups is 2. The molecule has 39 heavy (non-hydrogen) atoms. The summed E-state index contributed by atoms with van der Waals surface area (Å²) in [5.41, 5.74) is 4.44. The smallest absolute Gasteiger partial charge is 0 e. The number of thiazole rings is 1. The number of carbonyl (C=O) groups excluding carboxylic acids is 2. The van der Waals surface area contributed by atoms with Crippen molar-refractivity contribution >= 4 is 39.1 Å². The van der Waals surface area contributed by atoms with Crippen molar-refractivity contribution in [2.24, 2.45) is 0 Å². The molecule has 199 valence electrons. The van der Waals surface area contributed by atoms with E-state index in [9.17, 15) is 14.7 Å². The van der Waals surface area contributed by atoms with Gasteiger partial charge in [0.2, 0.25) is 5.91 Å². The van der Waals surface area contributed by atoms with Crippen LogP contribution in [0.5, 0.6) is 0 Å². The van der Waals surface area contributed by atoms with Crippen molar-refractivity contribution in [2.75, 3.05) is 18.4 Å². The van der Waals surface area contributed by atoms with E-state index in [2.05, 4.69) is 48.2 Å². The molecule has 1 amide bonds. The monoisotopic (exact) mass is 716 g/mol. The third-order valence-corrected chi connectivity index (χ3v) is 5.86. The Hall–Kier alpha value is -3.74. The van der Waals surface area contributed by atoms with E-state index in [-0.39, 0.29) is 46.0 Å². The first-order valence-corrected chi connectivity index (χ1v) is 11.5. The molecule has 0 aliphatic carbocycles. The number of hydrogen-bond donors (Lipinski definition) is 1. The average molecular weight is 716 g/mol. The summed E-state index contributed by atoms with van der Waals surface area (Å²) in [6, 6.07) is 19.0. The number of amides is 1. The second-order valence-electron chi connectivity index (χ2n) is 7.45. The molecule has 1 N–H and O–H groups in total. The summed E-state index contributed by atoms with van der Waals surface area (Å²) in [4.78, 5) is 33.9. The van der Waals surface area contributed by atoms with Gasteiger partial charge in [0.05, 0.1) is 28.4 Å². The number of nitrogens with one attached hydrogen (secondary N) is 1. The minimum Gasteiger partial charge on any atom is 0 e. The van der Waals surface area contributed by atoms with Gasteiger partial charge < -0.3 is 15.2 Å². The molecule has 10 nitrogen and oxygen atoms in total. The molecule has 0 bridgehead atoms. The molecule has 4 aromatic rings. The van der Waals surface area contributed by atoms with Gasteiger partial charge in [-0.3, -0.25) is 14.7 Å². The van der Waals surface area contributed by atoms with Crippen LogP contribution in [0.25, 0.3) is 20.8 Å². The zero-order valence-electron chi connectivity index (χ0n) is 20.5. The predicted octanol–water partition coefficient (Wildman–Crippen LogP) is 2.74. The van der Waals surface area contributed by atoms with Crippen LogP contribution in [0.1, 0.15) is 11.3 Å². The van der Waals surface area contributed by atoms with Crippen LogP contribution in [0.3, 0.4) is 0 Å². The fourth-order valence-corrected chi connectivity index (χ4v) is 4.40. The molecule has 0 atom stereocenters. The van der Waals surface area contributed by atoms with E-state index in [0.29, 0.717) is 11.4 Å². The number of fused-ring (bicyclic) bond motifs is 1. The van der Waals surface area contributed by atoms with Gasteiger partial charge in [-0.2, -0.15) is 0 Å². The van der Waals surface area contributed by atoms with E-state index in [1.165, 1.54) is 10.5 Å². The van der Waals surface area contributed by atoms with Crippen LogP contribution < -0.4 is 10.4 Å². The summed E-state index contributed by atoms with van der Waals surface area (Å²) in [7, 11) is 0. The van der Waals surface area contributed by atoms with Crippen LogP contribution in [-0.2, 0) is 50.5 Å². The number of hydrogen-bond acceptors (Lipinski definition) is 7. The van der Waals surface area contributed by atoms with Crippen molar-refractivity contribution in [3.8, 4) is 10.6 Å². The number of carboxylic acid groups (broad SMARTS) is 1. The number of nitrogens with zero attached hydrogens (tertiary/aromatic N) is 3. The zero-order valence-corrected chi connectivity index (χ0v) is 24.1. The van der Waals surface area contributed by atoms with Gasteiger partial charge >= 0.3 is 33.9 Å². The third-order valence-electron chi connectivity index (χ3n) is 4.79. The van der Waals surface area contributed by atoms with Gasteiger partial charge in [0.15, 0.2) is 0 Å². The summed E-state index contributed by atoms with van der Waals surface area (Å²) >= 11 is 1.63. The van der Waals surface area contributed by atoms with E-state index < -0.39 is 5.97 Å². The zero-order chi connectivity index (χ0) is 28.5. The Morgan fingerprint density at radius 2 is 1.64 bits per heavy atom. The van der Waals surface area contributed by atoms with Crippen LogP contribution in [0.4, 0.5) is 5.69 Å². The van der Waals surface area contributed by atoms with Gasteiger partial charge in [-0.15, -0.1) is 11.3 Å². The molecule has 0 saturated heterocycles. The maximum Gasteiger partial charge on any atom is 0 e. The Labute approximate surface area is 242 Å². The molecule has 0 unspecified atom stereocenters. The average Bonchev–Trinajstić information content (AvgIpc) is 3.36. The van der Waals surface area contributed by atoms with Gasteiger partial charge in [-0.1, -0.05) is 12.1 Å². The molecule has 0 aliphatic heterocycles. The normalized spacial score (nSPS) is 9.23. The summed E-state index contributed by atoms with van der Waals surface area (Å²) < 4.78 is 23.6. The summed E-state index contributed by atoms with van der Waals surface area (Å²) in [6.45, 7) is 15.3. The molecular weight excluding hydrogens is 695 g/mol. The number of aromatic nitrogens is 2. The molecule has 2 aromatic heterocycles. The molecule has 0 fully saturated rings. The van der Waals surface area contributed by atoms with E-state index in [1.807, 2.05) is 42.5 Å².